The fourth-order valence-electron chi connectivity index (χ4n) is 7.63. The van der Waals surface area contributed by atoms with Gasteiger partial charge in [0.15, 0.2) is 0 Å². The van der Waals surface area contributed by atoms with Crippen molar-refractivity contribution in [2.75, 3.05) is 42.6 Å². The number of benzene rings is 7. The van der Waals surface area contributed by atoms with Gasteiger partial charge in [0.2, 0.25) is 11.0 Å². The van der Waals surface area contributed by atoms with Gasteiger partial charge in [-0.3, -0.25) is 0 Å². The fraction of sp³-hybridized carbons (Fsp3) is 0.189. The summed E-state index contributed by atoms with van der Waals surface area (Å²) in [5.74, 6) is 2.94. The number of anilines is 2. The molecule has 7 heteroatoms. The first-order chi connectivity index (χ1) is 29.7. The number of para-hydroxylation sites is 2. The number of thioether (sulfide) groups is 2. The molecule has 0 amide bonds. The van der Waals surface area contributed by atoms with Crippen molar-refractivity contribution in [2.45, 2.75) is 41.4 Å². The molecule has 6 aromatic carbocycles. The lowest BCUT2D eigenvalue weighted by molar-refractivity contribution is 0.525. The maximum absolute atomic E-state index is 7.11. The lowest BCUT2D eigenvalue weighted by Gasteiger charge is -2.26. The maximum Gasteiger partial charge on any atom is 0.209 e. The molecule has 0 atom stereocenters. The van der Waals surface area contributed by atoms with Crippen LogP contribution in [0.2, 0.25) is 0 Å². The van der Waals surface area contributed by atoms with Crippen molar-refractivity contribution in [1.82, 2.24) is 8.88 Å². The fourth-order valence-corrected chi connectivity index (χ4v) is 10.3. The Morgan fingerprint density at radius 3 is 1.85 bits per heavy atom. The third-order valence-corrected chi connectivity index (χ3v) is 14.1. The summed E-state index contributed by atoms with van der Waals surface area (Å²) in [4.78, 5) is 6.30. The van der Waals surface area contributed by atoms with E-state index >= 15 is 0 Å². The minimum absolute atomic E-state index is 0.875. The minimum atomic E-state index is 0.875. The first-order valence-corrected chi connectivity index (χ1v) is 23.8. The van der Waals surface area contributed by atoms with Crippen molar-refractivity contribution in [2.24, 2.45) is 0 Å². The lowest BCUT2D eigenvalue weighted by atomic mass is 9.93. The molecule has 0 bridgehead atoms. The van der Waals surface area contributed by atoms with E-state index in [2.05, 4.69) is 210 Å². The molecule has 0 saturated carbocycles. The molecule has 0 N–H and O–H groups in total. The number of rotatable bonds is 18. The van der Waals surface area contributed by atoms with Crippen LogP contribution < -0.4 is 14.8 Å². The van der Waals surface area contributed by atoms with Gasteiger partial charge in [0, 0.05) is 98.6 Å². The highest BCUT2D eigenvalue weighted by atomic mass is 32.2. The highest BCUT2D eigenvalue weighted by Gasteiger charge is 2.23. The highest BCUT2D eigenvalue weighted by molar-refractivity contribution is 7.99. The summed E-state index contributed by atoms with van der Waals surface area (Å²) in [6.45, 7) is 8.16. The molecule has 6 aromatic rings. The van der Waals surface area contributed by atoms with E-state index in [1.165, 1.54) is 37.2 Å². The van der Waals surface area contributed by atoms with E-state index < -0.39 is 0 Å². The van der Waals surface area contributed by atoms with Gasteiger partial charge in [-0.05, 0) is 90.3 Å². The Kier molecular flexibility index (Phi) is 14.5. The molecule has 1 heterocycles. The molecule has 0 unspecified atom stereocenters. The van der Waals surface area contributed by atoms with Gasteiger partial charge >= 0.3 is 0 Å². The topological polar surface area (TPSA) is 22.6 Å². The van der Waals surface area contributed by atoms with E-state index in [1.54, 1.807) is 0 Å². The lowest BCUT2D eigenvalue weighted by Crippen LogP contribution is -2.27. The minimum Gasteiger partial charge on any atom is -0.456 e. The molecule has 60 heavy (non-hydrogen) atoms. The van der Waals surface area contributed by atoms with Crippen molar-refractivity contribution >= 4 is 63.5 Å². The molecule has 1 aliphatic carbocycles. The van der Waals surface area contributed by atoms with Crippen LogP contribution in [0.1, 0.15) is 26.7 Å². The average molecular weight is 843 g/mol. The molecule has 302 valence electrons. The van der Waals surface area contributed by atoms with Gasteiger partial charge in [-0.2, -0.15) is 4.58 Å². The molecular formula is C53H52N3OS3+. The zero-order valence-corrected chi connectivity index (χ0v) is 36.9. The summed E-state index contributed by atoms with van der Waals surface area (Å²) in [5, 5.41) is 2.23. The molecule has 0 aromatic heterocycles. The van der Waals surface area contributed by atoms with Gasteiger partial charge in [0.05, 0.1) is 6.07 Å². The van der Waals surface area contributed by atoms with Gasteiger partial charge in [0.25, 0.3) is 0 Å². The second kappa shape index (κ2) is 20.9. The van der Waals surface area contributed by atoms with Crippen LogP contribution in [0.5, 0.6) is 0 Å². The molecule has 0 spiro atoms. The molecule has 0 saturated heterocycles. The molecule has 1 aliphatic heterocycles. The summed E-state index contributed by atoms with van der Waals surface area (Å²) in [6.07, 6.45) is 2.07. The summed E-state index contributed by atoms with van der Waals surface area (Å²) in [6, 6.07) is 65.5. The largest absolute Gasteiger partial charge is 0.456 e. The van der Waals surface area contributed by atoms with Crippen LogP contribution in [0.3, 0.4) is 0 Å². The van der Waals surface area contributed by atoms with E-state index in [0.29, 0.717) is 0 Å². The van der Waals surface area contributed by atoms with Crippen molar-refractivity contribution in [1.29, 1.82) is 0 Å². The Labute approximate surface area is 368 Å². The van der Waals surface area contributed by atoms with Crippen molar-refractivity contribution in [3.63, 3.8) is 0 Å². The van der Waals surface area contributed by atoms with Gasteiger partial charge in [-0.25, -0.2) is 4.31 Å². The van der Waals surface area contributed by atoms with Crippen molar-refractivity contribution in [3.8, 4) is 22.5 Å². The van der Waals surface area contributed by atoms with Crippen molar-refractivity contribution < 1.29 is 4.42 Å². The third-order valence-electron chi connectivity index (χ3n) is 10.6. The Balaban J connectivity index is 1.24. The number of hydrogen-bond acceptors (Lipinski definition) is 6. The Hall–Kier alpha value is -5.18. The average Bonchev–Trinajstić information content (AvgIpc) is 3.31. The number of fused-ring (bicyclic) bond motifs is 2. The van der Waals surface area contributed by atoms with E-state index in [0.717, 1.165) is 83.9 Å². The number of hydrogen-bond donors (Lipinski definition) is 0. The molecule has 4 nitrogen and oxygen atoms in total. The molecule has 0 radical (unpaired) electrons. The second-order valence-electron chi connectivity index (χ2n) is 14.5. The van der Waals surface area contributed by atoms with Gasteiger partial charge in [-0.1, -0.05) is 105 Å². The van der Waals surface area contributed by atoms with Crippen LogP contribution in [0.15, 0.2) is 201 Å². The van der Waals surface area contributed by atoms with Gasteiger partial charge < -0.3 is 9.32 Å². The zero-order chi connectivity index (χ0) is 40.9. The molecular weight excluding hydrogens is 791 g/mol. The first kappa shape index (κ1) is 41.5. The maximum atomic E-state index is 7.11. The molecule has 8 rings (SSSR count). The molecule has 2 aliphatic rings. The summed E-state index contributed by atoms with van der Waals surface area (Å²) in [7, 11) is 0. The Bertz CT molecular complexity index is 2610. The van der Waals surface area contributed by atoms with E-state index in [1.807, 2.05) is 35.5 Å². The van der Waals surface area contributed by atoms with Gasteiger partial charge in [0.1, 0.15) is 17.9 Å². The quantitative estimate of drug-likeness (QED) is 0.0280. The zero-order valence-electron chi connectivity index (χ0n) is 34.5. The predicted octanol–water partition coefficient (Wildman–Crippen LogP) is 14.2. The highest BCUT2D eigenvalue weighted by Crippen LogP contribution is 2.45. The normalized spacial score (nSPS) is 12.0. The smallest absolute Gasteiger partial charge is 0.209 e. The van der Waals surface area contributed by atoms with Crippen LogP contribution in [0.25, 0.3) is 33.4 Å². The Morgan fingerprint density at radius 1 is 0.550 bits per heavy atom. The second-order valence-corrected chi connectivity index (χ2v) is 18.0. The van der Waals surface area contributed by atoms with Gasteiger partial charge in [-0.15, -0.1) is 23.5 Å². The van der Waals surface area contributed by atoms with Crippen molar-refractivity contribution in [3.05, 3.63) is 187 Å². The number of nitrogens with zero attached hydrogens (tertiary/aromatic N) is 3. The van der Waals surface area contributed by atoms with Crippen LogP contribution in [0.4, 0.5) is 17.1 Å². The summed E-state index contributed by atoms with van der Waals surface area (Å²) < 4.78 is 12.0. The van der Waals surface area contributed by atoms with Crippen LogP contribution in [-0.4, -0.2) is 42.0 Å². The third kappa shape index (κ3) is 10.2. The standard InChI is InChI=1S/C53H52N3OS3/c1-3-54(4-2)60-52-30-18-17-29-49(52)53-47-33-31-43(55(41-21-9-5-10-22-41)35-19-37-58-45-25-13-7-14-26-45)39-50(47)57-51-40-44(32-34-48(51)53)56(42-23-11-6-12-24-42)36-20-38-59-46-27-15-8-16-28-46/h5-18,21-34,39-40H,3-4,19-20,35-38H2,1-2H3/q+1. The van der Waals surface area contributed by atoms with Crippen LogP contribution in [-0.2, 0) is 0 Å². The van der Waals surface area contributed by atoms with Crippen LogP contribution in [0, 0.1) is 0 Å². The Morgan fingerprint density at radius 2 is 1.17 bits per heavy atom. The monoisotopic (exact) mass is 842 g/mol. The van der Waals surface area contributed by atoms with E-state index in [-0.39, 0.29) is 0 Å². The summed E-state index contributed by atoms with van der Waals surface area (Å²) >= 11 is 5.67. The van der Waals surface area contributed by atoms with E-state index in [4.69, 9.17) is 4.42 Å². The predicted molar refractivity (Wildman–Crippen MR) is 260 cm³/mol. The first-order valence-electron chi connectivity index (χ1n) is 21.1. The van der Waals surface area contributed by atoms with E-state index in [9.17, 15) is 0 Å². The molecule has 0 fully saturated rings. The van der Waals surface area contributed by atoms with Crippen LogP contribution >= 0.6 is 35.5 Å². The summed E-state index contributed by atoms with van der Waals surface area (Å²) in [5.41, 5.74) is 7.88. The SMILES string of the molecule is CCN(CC)Sc1ccccc1-c1c2cc/c(=[N+](/CCCSc3ccccc3)c3ccccc3)cc-2oc2cc(N(CCCSc3ccccc3)c3ccccc3)ccc12.